The number of amides is 2. The fourth-order valence-electron chi connectivity index (χ4n) is 3.39. The second-order valence-corrected chi connectivity index (χ2v) is 7.03. The smallest absolute Gasteiger partial charge is 0.260 e. The molecule has 0 spiro atoms. The number of nitrogens with zero attached hydrogens (tertiary/aromatic N) is 1. The molecule has 0 aliphatic carbocycles. The zero-order valence-electron chi connectivity index (χ0n) is 16.2. The molecule has 0 radical (unpaired) electrons. The van der Waals surface area contributed by atoms with Crippen molar-refractivity contribution in [3.63, 3.8) is 0 Å². The van der Waals surface area contributed by atoms with Crippen LogP contribution in [-0.2, 0) is 16.0 Å². The zero-order chi connectivity index (χ0) is 20.1. The highest BCUT2D eigenvalue weighted by Crippen LogP contribution is 2.26. The molecule has 2 amide bonds. The Balaban J connectivity index is 1.31. The second kappa shape index (κ2) is 8.96. The van der Waals surface area contributed by atoms with Crippen LogP contribution in [-0.4, -0.2) is 56.2 Å². The SMILES string of the molecule is O=C(Nc1ccc(OCC(=O)N2CCOCC2)cc1)c1ccc2c(c1)CCCO2. The third kappa shape index (κ3) is 4.86. The molecule has 29 heavy (non-hydrogen) atoms. The van der Waals surface area contributed by atoms with Gasteiger partial charge < -0.3 is 24.4 Å². The number of nitrogens with one attached hydrogen (secondary N) is 1. The molecule has 2 aromatic rings. The third-order valence-corrected chi connectivity index (χ3v) is 5.01. The van der Waals surface area contributed by atoms with Gasteiger partial charge in [0.1, 0.15) is 11.5 Å². The Morgan fingerprint density at radius 2 is 1.83 bits per heavy atom. The van der Waals surface area contributed by atoms with E-state index in [1.165, 1.54) is 0 Å². The number of rotatable bonds is 5. The van der Waals surface area contributed by atoms with Crippen LogP contribution in [0.25, 0.3) is 0 Å². The first kappa shape index (κ1) is 19.3. The summed E-state index contributed by atoms with van der Waals surface area (Å²) in [5.74, 6) is 1.22. The lowest BCUT2D eigenvalue weighted by molar-refractivity contribution is -0.137. The molecule has 7 nitrogen and oxygen atoms in total. The Morgan fingerprint density at radius 1 is 1.03 bits per heavy atom. The van der Waals surface area contributed by atoms with Crippen molar-refractivity contribution >= 4 is 17.5 Å². The molecule has 2 aliphatic heterocycles. The van der Waals surface area contributed by atoms with E-state index in [1.54, 1.807) is 35.2 Å². The van der Waals surface area contributed by atoms with E-state index in [0.717, 1.165) is 30.8 Å². The topological polar surface area (TPSA) is 77.1 Å². The lowest BCUT2D eigenvalue weighted by Crippen LogP contribution is -2.42. The number of hydrogen-bond acceptors (Lipinski definition) is 5. The minimum Gasteiger partial charge on any atom is -0.493 e. The van der Waals surface area contributed by atoms with Crippen molar-refractivity contribution in [3.8, 4) is 11.5 Å². The standard InChI is InChI=1S/C22H24N2O5/c25-21(24-9-12-27-13-10-24)15-29-19-6-4-18(5-7-19)23-22(26)17-3-8-20-16(14-17)2-1-11-28-20/h3-8,14H,1-2,9-13,15H2,(H,23,26). The van der Waals surface area contributed by atoms with Gasteiger partial charge >= 0.3 is 0 Å². The van der Waals surface area contributed by atoms with Crippen LogP contribution in [0.3, 0.4) is 0 Å². The molecular weight excluding hydrogens is 372 g/mol. The van der Waals surface area contributed by atoms with E-state index in [0.29, 0.717) is 43.3 Å². The maximum absolute atomic E-state index is 12.5. The lowest BCUT2D eigenvalue weighted by atomic mass is 10.0. The highest BCUT2D eigenvalue weighted by Gasteiger charge is 2.17. The molecule has 0 saturated carbocycles. The monoisotopic (exact) mass is 396 g/mol. The van der Waals surface area contributed by atoms with E-state index in [4.69, 9.17) is 14.2 Å². The number of hydrogen-bond donors (Lipinski definition) is 1. The minimum atomic E-state index is -0.172. The van der Waals surface area contributed by atoms with Crippen LogP contribution in [0.15, 0.2) is 42.5 Å². The molecule has 152 valence electrons. The van der Waals surface area contributed by atoms with Crippen LogP contribution in [0.2, 0.25) is 0 Å². The molecule has 7 heteroatoms. The van der Waals surface area contributed by atoms with Gasteiger partial charge in [-0.15, -0.1) is 0 Å². The number of carbonyl (C=O) groups is 2. The van der Waals surface area contributed by atoms with E-state index in [1.807, 2.05) is 12.1 Å². The van der Waals surface area contributed by atoms with Crippen molar-refractivity contribution in [2.75, 3.05) is 44.8 Å². The molecule has 0 bridgehead atoms. The van der Waals surface area contributed by atoms with Crippen molar-refractivity contribution in [2.24, 2.45) is 0 Å². The van der Waals surface area contributed by atoms with E-state index in [-0.39, 0.29) is 18.4 Å². The average molecular weight is 396 g/mol. The quantitative estimate of drug-likeness (QED) is 0.840. The van der Waals surface area contributed by atoms with Gasteiger partial charge in [-0.05, 0) is 60.9 Å². The van der Waals surface area contributed by atoms with Crippen LogP contribution < -0.4 is 14.8 Å². The van der Waals surface area contributed by atoms with Crippen LogP contribution in [0, 0.1) is 0 Å². The number of anilines is 1. The van der Waals surface area contributed by atoms with Crippen LogP contribution in [0.4, 0.5) is 5.69 Å². The summed E-state index contributed by atoms with van der Waals surface area (Å²) in [6, 6.07) is 12.5. The number of benzene rings is 2. The van der Waals surface area contributed by atoms with Crippen LogP contribution in [0.5, 0.6) is 11.5 Å². The molecule has 0 atom stereocenters. The van der Waals surface area contributed by atoms with Gasteiger partial charge in [-0.25, -0.2) is 0 Å². The Labute approximate surface area is 169 Å². The van der Waals surface area contributed by atoms with Gasteiger partial charge in [-0.1, -0.05) is 0 Å². The van der Waals surface area contributed by atoms with E-state index < -0.39 is 0 Å². The van der Waals surface area contributed by atoms with Crippen molar-refractivity contribution in [1.82, 2.24) is 4.90 Å². The maximum Gasteiger partial charge on any atom is 0.260 e. The Bertz CT molecular complexity index is 875. The molecule has 1 saturated heterocycles. The highest BCUT2D eigenvalue weighted by atomic mass is 16.5. The Morgan fingerprint density at radius 3 is 2.62 bits per heavy atom. The number of ether oxygens (including phenoxy) is 3. The maximum atomic E-state index is 12.5. The predicted octanol–water partition coefficient (Wildman–Crippen LogP) is 2.50. The van der Waals surface area contributed by atoms with Gasteiger partial charge in [0, 0.05) is 24.3 Å². The normalized spacial score (nSPS) is 15.8. The van der Waals surface area contributed by atoms with Crippen LogP contribution in [0.1, 0.15) is 22.3 Å². The Kier molecular flexibility index (Phi) is 5.95. The predicted molar refractivity (Wildman–Crippen MR) is 108 cm³/mol. The molecule has 4 rings (SSSR count). The first-order valence-corrected chi connectivity index (χ1v) is 9.84. The lowest BCUT2D eigenvalue weighted by Gasteiger charge is -2.26. The molecule has 0 unspecified atom stereocenters. The summed E-state index contributed by atoms with van der Waals surface area (Å²) in [5, 5.41) is 2.88. The average Bonchev–Trinajstić information content (AvgIpc) is 2.78. The molecule has 2 heterocycles. The molecular formula is C22H24N2O5. The summed E-state index contributed by atoms with van der Waals surface area (Å²) in [4.78, 5) is 26.4. The van der Waals surface area contributed by atoms with Gasteiger partial charge in [0.25, 0.3) is 11.8 Å². The number of aryl methyl sites for hydroxylation is 1. The zero-order valence-corrected chi connectivity index (χ0v) is 16.2. The summed E-state index contributed by atoms with van der Waals surface area (Å²) in [6.07, 6.45) is 1.89. The fourth-order valence-corrected chi connectivity index (χ4v) is 3.39. The summed E-state index contributed by atoms with van der Waals surface area (Å²) in [5.41, 5.74) is 2.33. The summed E-state index contributed by atoms with van der Waals surface area (Å²) < 4.78 is 16.4. The first-order valence-electron chi connectivity index (χ1n) is 9.84. The molecule has 2 aliphatic rings. The van der Waals surface area contributed by atoms with Gasteiger partial charge in [0.15, 0.2) is 6.61 Å². The molecule has 1 fully saturated rings. The van der Waals surface area contributed by atoms with Crippen LogP contribution >= 0.6 is 0 Å². The van der Waals surface area contributed by atoms with Crippen molar-refractivity contribution in [1.29, 1.82) is 0 Å². The van der Waals surface area contributed by atoms with Crippen molar-refractivity contribution in [3.05, 3.63) is 53.6 Å². The molecule has 2 aromatic carbocycles. The number of morpholine rings is 1. The van der Waals surface area contributed by atoms with Crippen molar-refractivity contribution in [2.45, 2.75) is 12.8 Å². The van der Waals surface area contributed by atoms with E-state index >= 15 is 0 Å². The summed E-state index contributed by atoms with van der Waals surface area (Å²) >= 11 is 0. The number of carbonyl (C=O) groups excluding carboxylic acids is 2. The Hall–Kier alpha value is -3.06. The highest BCUT2D eigenvalue weighted by molar-refractivity contribution is 6.04. The van der Waals surface area contributed by atoms with Crippen molar-refractivity contribution < 1.29 is 23.8 Å². The van der Waals surface area contributed by atoms with E-state index in [2.05, 4.69) is 5.32 Å². The fraction of sp³-hybridized carbons (Fsp3) is 0.364. The van der Waals surface area contributed by atoms with Gasteiger partial charge in [-0.3, -0.25) is 9.59 Å². The van der Waals surface area contributed by atoms with Gasteiger partial charge in [-0.2, -0.15) is 0 Å². The minimum absolute atomic E-state index is 0.0110. The molecule has 0 aromatic heterocycles. The summed E-state index contributed by atoms with van der Waals surface area (Å²) in [6.45, 7) is 3.05. The third-order valence-electron chi connectivity index (χ3n) is 5.01. The number of fused-ring (bicyclic) bond motifs is 1. The molecule has 1 N–H and O–H groups in total. The summed E-state index contributed by atoms with van der Waals surface area (Å²) in [7, 11) is 0. The van der Waals surface area contributed by atoms with Gasteiger partial charge in [0.05, 0.1) is 19.8 Å². The van der Waals surface area contributed by atoms with E-state index in [9.17, 15) is 9.59 Å². The second-order valence-electron chi connectivity index (χ2n) is 7.03. The first-order chi connectivity index (χ1) is 14.2. The largest absolute Gasteiger partial charge is 0.493 e. The van der Waals surface area contributed by atoms with Gasteiger partial charge in [0.2, 0.25) is 0 Å².